The summed E-state index contributed by atoms with van der Waals surface area (Å²) in [5.41, 5.74) is 4.81. The lowest BCUT2D eigenvalue weighted by Crippen LogP contribution is -2.55. The average Bonchev–Trinajstić information content (AvgIpc) is 1.67. The number of carbonyl (C=O) groups excluding carboxylic acids is 3. The summed E-state index contributed by atoms with van der Waals surface area (Å²) in [7, 11) is 2.65. The highest BCUT2D eigenvalue weighted by atomic mass is 16.7. The average molecular weight is 1210 g/mol. The van der Waals surface area contributed by atoms with Crippen LogP contribution in [-0.4, -0.2) is 120 Å². The maximum atomic E-state index is 12.3. The van der Waals surface area contributed by atoms with Gasteiger partial charge < -0.3 is 57.6 Å². The summed E-state index contributed by atoms with van der Waals surface area (Å²) < 4.78 is 50.1. The number of hydrogen-bond acceptors (Lipinski definition) is 16. The van der Waals surface area contributed by atoms with Crippen LogP contribution in [0.5, 0.6) is 0 Å². The predicted octanol–water partition coefficient (Wildman–Crippen LogP) is 11.1. The van der Waals surface area contributed by atoms with Crippen molar-refractivity contribution < 1.29 is 67.2 Å². The van der Waals surface area contributed by atoms with E-state index in [1.807, 2.05) is 219 Å². The second-order valence-electron chi connectivity index (χ2n) is 21.5. The first-order valence-corrected chi connectivity index (χ1v) is 29.5. The number of aldehydes is 1. The van der Waals surface area contributed by atoms with Crippen molar-refractivity contribution in [2.24, 2.45) is 0 Å². The number of methoxy groups -OCH3 is 2. The third-order valence-corrected chi connectivity index (χ3v) is 15.3. The molecule has 0 radical (unpaired) electrons. The van der Waals surface area contributed by atoms with Gasteiger partial charge in [-0.25, -0.2) is 9.59 Å². The molecule has 464 valence electrons. The van der Waals surface area contributed by atoms with Crippen molar-refractivity contribution in [2.45, 2.75) is 125 Å². The highest BCUT2D eigenvalue weighted by Crippen LogP contribution is 2.47. The maximum absolute atomic E-state index is 12.3. The number of nitriles is 2. The first kappa shape index (κ1) is 66.3. The van der Waals surface area contributed by atoms with Crippen molar-refractivity contribution in [1.82, 2.24) is 9.80 Å². The van der Waals surface area contributed by atoms with E-state index in [0.717, 1.165) is 51.7 Å². The summed E-state index contributed by atoms with van der Waals surface area (Å²) >= 11 is 0. The fourth-order valence-corrected chi connectivity index (χ4v) is 10.1. The van der Waals surface area contributed by atoms with Crippen LogP contribution < -0.4 is 0 Å². The van der Waals surface area contributed by atoms with Crippen LogP contribution in [0.1, 0.15) is 77.7 Å². The van der Waals surface area contributed by atoms with Gasteiger partial charge in [0, 0.05) is 24.0 Å². The molecule has 2 heterocycles. The molecular formula is C71H76N4O14. The summed E-state index contributed by atoms with van der Waals surface area (Å²) in [6, 6.07) is 72.0. The minimum atomic E-state index is -0.974. The van der Waals surface area contributed by atoms with E-state index in [0.29, 0.717) is 45.8 Å². The normalized spacial score (nSPS) is 24.0. The van der Waals surface area contributed by atoms with Gasteiger partial charge in [0.25, 0.3) is 0 Å². The van der Waals surface area contributed by atoms with Crippen LogP contribution in [0.4, 0.5) is 9.59 Å². The van der Waals surface area contributed by atoms with Crippen LogP contribution in [0.15, 0.2) is 212 Å². The van der Waals surface area contributed by atoms with Crippen molar-refractivity contribution in [3.05, 3.63) is 251 Å². The highest BCUT2D eigenvalue weighted by Gasteiger charge is 2.64. The third kappa shape index (κ3) is 18.5. The molecule has 11 rings (SSSR count). The fraction of sp³-hybridized carbons (Fsp3) is 0.338. The zero-order valence-corrected chi connectivity index (χ0v) is 50.1. The zero-order valence-electron chi connectivity index (χ0n) is 50.1. The Labute approximate surface area is 520 Å². The quantitative estimate of drug-likeness (QED) is 0.0676. The number of carbonyl (C=O) groups is 3. The molecule has 2 saturated heterocycles. The summed E-state index contributed by atoms with van der Waals surface area (Å²) in [6.07, 6.45) is -3.85. The number of aliphatic hydroxyl groups is 2. The molecule has 7 aromatic carbocycles. The van der Waals surface area contributed by atoms with Gasteiger partial charge in [0.2, 0.25) is 0 Å². The summed E-state index contributed by atoms with van der Waals surface area (Å²) in [6.45, 7) is 4.10. The number of nitrogens with zero attached hydrogens (tertiary/aromatic N) is 4. The first-order chi connectivity index (χ1) is 43.5. The lowest BCUT2D eigenvalue weighted by atomic mass is 10.0. The predicted molar refractivity (Wildman–Crippen MR) is 328 cm³/mol. The molecule has 4 fully saturated rings. The van der Waals surface area contributed by atoms with Crippen LogP contribution in [0.3, 0.4) is 0 Å². The van der Waals surface area contributed by atoms with E-state index >= 15 is 0 Å². The van der Waals surface area contributed by atoms with Gasteiger partial charge in [-0.1, -0.05) is 219 Å². The molecule has 2 N–H and O–H groups in total. The Bertz CT molecular complexity index is 3120. The molecular weight excluding hydrogens is 1130 g/mol. The highest BCUT2D eigenvalue weighted by molar-refractivity contribution is 5.71. The Hall–Kier alpha value is -8.63. The molecule has 4 aliphatic rings. The van der Waals surface area contributed by atoms with E-state index in [-0.39, 0.29) is 31.5 Å². The lowest BCUT2D eigenvalue weighted by molar-refractivity contribution is -0.331. The van der Waals surface area contributed by atoms with Crippen molar-refractivity contribution in [1.29, 1.82) is 10.5 Å². The molecule has 89 heavy (non-hydrogen) atoms. The summed E-state index contributed by atoms with van der Waals surface area (Å²) in [5.74, 6) is 0. The van der Waals surface area contributed by atoms with Crippen molar-refractivity contribution >= 4 is 18.5 Å². The van der Waals surface area contributed by atoms with E-state index in [1.165, 1.54) is 24.0 Å². The van der Waals surface area contributed by atoms with Gasteiger partial charge in [0.05, 0.1) is 84.7 Å². The number of aliphatic hydroxyl groups excluding tert-OH is 2. The monoisotopic (exact) mass is 1210 g/mol. The Balaban J connectivity index is 0.000000157. The van der Waals surface area contributed by atoms with Crippen LogP contribution in [0.25, 0.3) is 0 Å². The van der Waals surface area contributed by atoms with E-state index in [2.05, 4.69) is 12.1 Å². The second kappa shape index (κ2) is 33.6. The number of amides is 2. The molecule has 2 aliphatic heterocycles. The summed E-state index contributed by atoms with van der Waals surface area (Å²) in [4.78, 5) is 37.9. The molecule has 2 amide bonds. The molecule has 2 aliphatic carbocycles. The number of ether oxygens (including phenoxy) is 9. The fourth-order valence-electron chi connectivity index (χ4n) is 10.1. The molecule has 2 saturated carbocycles. The molecule has 7 aromatic rings. The van der Waals surface area contributed by atoms with Gasteiger partial charge in [-0.05, 0) is 34.2 Å². The van der Waals surface area contributed by atoms with E-state index < -0.39 is 60.3 Å². The molecule has 0 bridgehead atoms. The zero-order chi connectivity index (χ0) is 62.9. The number of benzene rings is 7. The Morgan fingerprint density at radius 2 is 0.843 bits per heavy atom. The molecule has 0 spiro atoms. The minimum Gasteiger partial charge on any atom is -0.453 e. The Morgan fingerprint density at radius 3 is 1.15 bits per heavy atom. The number of rotatable bonds is 20. The van der Waals surface area contributed by atoms with Gasteiger partial charge in [-0.15, -0.1) is 0 Å². The maximum Gasteiger partial charge on any atom is 0.411 e. The van der Waals surface area contributed by atoms with Gasteiger partial charge in [-0.3, -0.25) is 9.80 Å². The van der Waals surface area contributed by atoms with Gasteiger partial charge in [0.15, 0.2) is 23.7 Å². The molecule has 18 heteroatoms. The Morgan fingerprint density at radius 1 is 0.528 bits per heavy atom. The number of hydrogen-bond donors (Lipinski definition) is 2. The van der Waals surface area contributed by atoms with E-state index in [1.54, 1.807) is 0 Å². The van der Waals surface area contributed by atoms with Crippen molar-refractivity contribution in [3.63, 3.8) is 0 Å². The third-order valence-electron chi connectivity index (χ3n) is 15.3. The van der Waals surface area contributed by atoms with Crippen LogP contribution in [-0.2, 0) is 80.3 Å². The first-order valence-electron chi connectivity index (χ1n) is 29.5. The van der Waals surface area contributed by atoms with E-state index in [9.17, 15) is 35.1 Å². The van der Waals surface area contributed by atoms with Crippen LogP contribution in [0.2, 0.25) is 0 Å². The SMILES string of the molecule is CC[C@@H](C=O)OCc1ccccc1.COC(=O)N(Cc1ccccc1)[C@@]1(C#N)C[C@@H]1OCc1ccccc1.COC(=O)N(Cc1ccccc1)[C@]1(C#N)C[C@@H]1OCc1ccccc1.O[C@@H]1COC(c2ccccc2)O[C@@H]1[C@H]1OC(c2ccccc2)OC[C@H]1O. The smallest absolute Gasteiger partial charge is 0.411 e. The van der Waals surface area contributed by atoms with Gasteiger partial charge >= 0.3 is 12.2 Å². The topological polar surface area (TPSA) is 229 Å². The molecule has 18 nitrogen and oxygen atoms in total. The molecule has 0 aromatic heterocycles. The molecule has 11 atom stereocenters. The largest absolute Gasteiger partial charge is 0.453 e. The van der Waals surface area contributed by atoms with Crippen molar-refractivity contribution in [2.75, 3.05) is 27.4 Å². The van der Waals surface area contributed by atoms with Gasteiger partial charge in [0.1, 0.15) is 36.8 Å². The van der Waals surface area contributed by atoms with Crippen LogP contribution in [0, 0.1) is 22.7 Å². The standard InChI is InChI=1S/2C20H20N2O3.C20H22O6.C11H14O2/c2*1-24-19(23)22(13-16-8-4-2-5-9-16)20(15-21)12-18(20)25-14-17-10-6-3-7-11-17;21-15-11-23-19(13-7-3-1-4-8-13)25-17(15)18-16(22)12-24-20(26-18)14-9-5-2-6-10-14;1-2-11(8-12)13-9-10-6-4-3-5-7-10/h2*2-11,18H,12-14H2,1H3;1-10,15-22H,11-12H2;3-8,11H,2,9H2,1H3/t18-,20+;18-,20-;15-,16-,17+,18+,19?,20?;11-/m0010/s1. The van der Waals surface area contributed by atoms with Crippen molar-refractivity contribution in [3.8, 4) is 12.1 Å². The summed E-state index contributed by atoms with van der Waals surface area (Å²) in [5, 5.41) is 40.2. The molecule has 2 unspecified atom stereocenters. The van der Waals surface area contributed by atoms with Gasteiger partial charge in [-0.2, -0.15) is 10.5 Å². The lowest BCUT2D eigenvalue weighted by Gasteiger charge is -2.43. The van der Waals surface area contributed by atoms with Crippen LogP contribution >= 0.6 is 0 Å². The Kier molecular flexibility index (Phi) is 25.1. The second-order valence-corrected chi connectivity index (χ2v) is 21.5. The van der Waals surface area contributed by atoms with E-state index in [4.69, 9.17) is 42.6 Å². The minimum absolute atomic E-state index is 0.105.